The van der Waals surface area contributed by atoms with Crippen LogP contribution in [0.25, 0.3) is 0 Å². The predicted octanol–water partition coefficient (Wildman–Crippen LogP) is 2.91. The van der Waals surface area contributed by atoms with Gasteiger partial charge in [0.25, 0.3) is 0 Å². The molecule has 22 heavy (non-hydrogen) atoms. The Labute approximate surface area is 136 Å². The first kappa shape index (κ1) is 16.6. The molecular formula is C17H22ClN3O. The number of halogens is 1. The third-order valence-corrected chi connectivity index (χ3v) is 3.92. The zero-order valence-corrected chi connectivity index (χ0v) is 13.9. The van der Waals surface area contributed by atoms with E-state index >= 15 is 0 Å². The standard InChI is InChI=1S/C17H22ClN3O/c1-3-15-14(11-19-17(22)10-18)16(4-2)21(20-15)12-13-8-6-5-7-9-13/h5-9H,3-4,10-12H2,1-2H3,(H,19,22). The molecule has 2 rings (SSSR count). The van der Waals surface area contributed by atoms with Crippen LogP contribution in [0.5, 0.6) is 0 Å². The fraction of sp³-hybridized carbons (Fsp3) is 0.412. The van der Waals surface area contributed by atoms with E-state index in [0.29, 0.717) is 6.54 Å². The van der Waals surface area contributed by atoms with Gasteiger partial charge in [-0.25, -0.2) is 0 Å². The maximum absolute atomic E-state index is 11.4. The number of aromatic nitrogens is 2. The van der Waals surface area contributed by atoms with Crippen LogP contribution >= 0.6 is 11.6 Å². The third-order valence-electron chi connectivity index (χ3n) is 3.68. The average Bonchev–Trinajstić information content (AvgIpc) is 2.89. The van der Waals surface area contributed by atoms with Crippen LogP contribution in [-0.2, 0) is 30.7 Å². The number of carbonyl (C=O) groups is 1. The molecule has 0 aliphatic carbocycles. The van der Waals surface area contributed by atoms with E-state index in [2.05, 4.69) is 36.0 Å². The molecule has 5 heteroatoms. The minimum atomic E-state index is -0.151. The van der Waals surface area contributed by atoms with E-state index in [4.69, 9.17) is 16.7 Å². The molecule has 0 bridgehead atoms. The van der Waals surface area contributed by atoms with E-state index in [9.17, 15) is 4.79 Å². The van der Waals surface area contributed by atoms with Gasteiger partial charge in [0.05, 0.1) is 12.2 Å². The first-order chi connectivity index (χ1) is 10.7. The number of alkyl halides is 1. The van der Waals surface area contributed by atoms with E-state index in [1.165, 1.54) is 11.3 Å². The molecule has 1 aromatic heterocycles. The van der Waals surface area contributed by atoms with Crippen LogP contribution in [0.15, 0.2) is 30.3 Å². The smallest absolute Gasteiger partial charge is 0.235 e. The van der Waals surface area contributed by atoms with E-state index in [1.807, 2.05) is 18.2 Å². The lowest BCUT2D eigenvalue weighted by molar-refractivity contribution is -0.118. The van der Waals surface area contributed by atoms with Crippen LogP contribution in [0.2, 0.25) is 0 Å². The zero-order chi connectivity index (χ0) is 15.9. The molecule has 2 aromatic rings. The van der Waals surface area contributed by atoms with Gasteiger partial charge < -0.3 is 5.32 Å². The first-order valence-corrected chi connectivity index (χ1v) is 8.17. The van der Waals surface area contributed by atoms with Crippen LogP contribution in [0.3, 0.4) is 0 Å². The number of amides is 1. The van der Waals surface area contributed by atoms with Crippen LogP contribution < -0.4 is 5.32 Å². The highest BCUT2D eigenvalue weighted by Gasteiger charge is 2.16. The van der Waals surface area contributed by atoms with Crippen LogP contribution in [-0.4, -0.2) is 21.6 Å². The Morgan fingerprint density at radius 1 is 1.23 bits per heavy atom. The van der Waals surface area contributed by atoms with Crippen LogP contribution in [0.4, 0.5) is 0 Å². The van der Waals surface area contributed by atoms with Crippen molar-refractivity contribution in [3.05, 3.63) is 52.8 Å². The number of rotatable bonds is 7. The molecule has 0 fully saturated rings. The Morgan fingerprint density at radius 3 is 2.55 bits per heavy atom. The molecule has 0 spiro atoms. The van der Waals surface area contributed by atoms with Crippen molar-refractivity contribution in [1.82, 2.24) is 15.1 Å². The van der Waals surface area contributed by atoms with Crippen molar-refractivity contribution in [3.63, 3.8) is 0 Å². The molecule has 0 atom stereocenters. The van der Waals surface area contributed by atoms with Crippen molar-refractivity contribution in [2.24, 2.45) is 0 Å². The number of aryl methyl sites for hydroxylation is 1. The summed E-state index contributed by atoms with van der Waals surface area (Å²) in [6, 6.07) is 10.3. The molecule has 118 valence electrons. The lowest BCUT2D eigenvalue weighted by Crippen LogP contribution is -2.24. The Bertz CT molecular complexity index is 622. The van der Waals surface area contributed by atoms with Gasteiger partial charge in [-0.1, -0.05) is 44.2 Å². The molecule has 0 radical (unpaired) electrons. The fourth-order valence-electron chi connectivity index (χ4n) is 2.59. The van der Waals surface area contributed by atoms with Crippen LogP contribution in [0.1, 0.15) is 36.4 Å². The number of hydrogen-bond donors (Lipinski definition) is 1. The highest BCUT2D eigenvalue weighted by molar-refractivity contribution is 6.27. The van der Waals surface area contributed by atoms with Gasteiger partial charge in [-0.3, -0.25) is 9.48 Å². The summed E-state index contributed by atoms with van der Waals surface area (Å²) in [6.45, 7) is 5.44. The maximum atomic E-state index is 11.4. The van der Waals surface area contributed by atoms with Crippen molar-refractivity contribution in [1.29, 1.82) is 0 Å². The van der Waals surface area contributed by atoms with Crippen molar-refractivity contribution in [2.45, 2.75) is 39.8 Å². The summed E-state index contributed by atoms with van der Waals surface area (Å²) in [4.78, 5) is 11.4. The Hall–Kier alpha value is -1.81. The second-order valence-electron chi connectivity index (χ2n) is 5.13. The van der Waals surface area contributed by atoms with Gasteiger partial charge in [-0.15, -0.1) is 11.6 Å². The van der Waals surface area contributed by atoms with E-state index in [0.717, 1.165) is 30.6 Å². The molecule has 0 aliphatic heterocycles. The van der Waals surface area contributed by atoms with Gasteiger partial charge in [0, 0.05) is 17.8 Å². The van der Waals surface area contributed by atoms with Crippen molar-refractivity contribution >= 4 is 17.5 Å². The fourth-order valence-corrected chi connectivity index (χ4v) is 2.69. The molecule has 1 amide bonds. The second-order valence-corrected chi connectivity index (χ2v) is 5.40. The number of carbonyl (C=O) groups excluding carboxylic acids is 1. The minimum Gasteiger partial charge on any atom is -0.351 e. The van der Waals surface area contributed by atoms with Crippen molar-refractivity contribution in [3.8, 4) is 0 Å². The molecule has 0 saturated carbocycles. The quantitative estimate of drug-likeness (QED) is 0.798. The largest absolute Gasteiger partial charge is 0.351 e. The lowest BCUT2D eigenvalue weighted by Gasteiger charge is -2.09. The lowest BCUT2D eigenvalue weighted by atomic mass is 10.1. The Balaban J connectivity index is 2.27. The predicted molar refractivity (Wildman–Crippen MR) is 89.1 cm³/mol. The number of hydrogen-bond acceptors (Lipinski definition) is 2. The molecule has 0 unspecified atom stereocenters. The molecule has 0 aliphatic rings. The van der Waals surface area contributed by atoms with Gasteiger partial charge in [0.1, 0.15) is 5.88 Å². The van der Waals surface area contributed by atoms with Crippen LogP contribution in [0, 0.1) is 0 Å². The SMILES string of the molecule is CCc1nn(Cc2ccccc2)c(CC)c1CNC(=O)CCl. The first-order valence-electron chi connectivity index (χ1n) is 7.63. The van der Waals surface area contributed by atoms with Gasteiger partial charge in [0.15, 0.2) is 0 Å². The molecule has 1 heterocycles. The molecule has 1 aromatic carbocycles. The second kappa shape index (κ2) is 7.99. The highest BCUT2D eigenvalue weighted by atomic mass is 35.5. The summed E-state index contributed by atoms with van der Waals surface area (Å²) in [7, 11) is 0. The summed E-state index contributed by atoms with van der Waals surface area (Å²) in [5.41, 5.74) is 4.57. The number of nitrogens with zero attached hydrogens (tertiary/aromatic N) is 2. The minimum absolute atomic E-state index is 0.0128. The van der Waals surface area contributed by atoms with Gasteiger partial charge in [-0.2, -0.15) is 5.10 Å². The number of nitrogens with one attached hydrogen (secondary N) is 1. The molecule has 4 nitrogen and oxygen atoms in total. The van der Waals surface area contributed by atoms with Gasteiger partial charge in [-0.05, 0) is 18.4 Å². The maximum Gasteiger partial charge on any atom is 0.235 e. The Kier molecular flexibility index (Phi) is 6.01. The zero-order valence-electron chi connectivity index (χ0n) is 13.1. The monoisotopic (exact) mass is 319 g/mol. The normalized spacial score (nSPS) is 10.7. The van der Waals surface area contributed by atoms with E-state index in [-0.39, 0.29) is 11.8 Å². The molecule has 1 N–H and O–H groups in total. The van der Waals surface area contributed by atoms with E-state index < -0.39 is 0 Å². The van der Waals surface area contributed by atoms with Gasteiger partial charge in [0.2, 0.25) is 5.91 Å². The Morgan fingerprint density at radius 2 is 1.95 bits per heavy atom. The van der Waals surface area contributed by atoms with E-state index in [1.54, 1.807) is 0 Å². The molecule has 0 saturated heterocycles. The highest BCUT2D eigenvalue weighted by Crippen LogP contribution is 2.18. The summed E-state index contributed by atoms with van der Waals surface area (Å²) in [6.07, 6.45) is 1.73. The van der Waals surface area contributed by atoms with Crippen molar-refractivity contribution < 1.29 is 4.79 Å². The number of benzene rings is 1. The summed E-state index contributed by atoms with van der Waals surface area (Å²) in [5, 5.41) is 7.58. The molecular weight excluding hydrogens is 298 g/mol. The third kappa shape index (κ3) is 3.89. The topological polar surface area (TPSA) is 46.9 Å². The van der Waals surface area contributed by atoms with Gasteiger partial charge >= 0.3 is 0 Å². The summed E-state index contributed by atoms with van der Waals surface area (Å²) in [5.74, 6) is -0.164. The van der Waals surface area contributed by atoms with Crippen molar-refractivity contribution in [2.75, 3.05) is 5.88 Å². The average molecular weight is 320 g/mol. The summed E-state index contributed by atoms with van der Waals surface area (Å²) >= 11 is 5.55. The summed E-state index contributed by atoms with van der Waals surface area (Å²) < 4.78 is 2.05.